The number of aryl methyl sites for hydroxylation is 1. The zero-order valence-corrected chi connectivity index (χ0v) is 15.1. The van der Waals surface area contributed by atoms with Crippen LogP contribution < -0.4 is 5.43 Å². The van der Waals surface area contributed by atoms with E-state index in [4.69, 9.17) is 0 Å². The average molecular weight is 375 g/mol. The maximum Gasteiger partial charge on any atom is 0.273 e. The molecule has 1 unspecified atom stereocenters. The van der Waals surface area contributed by atoms with Crippen molar-refractivity contribution in [3.8, 4) is 5.75 Å². The number of amides is 1. The standard InChI is InChI=1S/C22H18FN3O2/c1-14-12-17(4-7-21(14)27)19-13-20(15-2-5-18(23)6-3-15)26(25-19)22(28)16-8-10-24-11-9-16/h2-13,20,25,27H,1H3. The second-order valence-electron chi connectivity index (χ2n) is 6.60. The molecule has 0 saturated heterocycles. The Morgan fingerprint density at radius 2 is 1.82 bits per heavy atom. The Kier molecular flexibility index (Phi) is 4.53. The van der Waals surface area contributed by atoms with E-state index >= 15 is 0 Å². The first kappa shape index (κ1) is 17.7. The Labute approximate surface area is 161 Å². The van der Waals surface area contributed by atoms with Gasteiger partial charge >= 0.3 is 0 Å². The summed E-state index contributed by atoms with van der Waals surface area (Å²) < 4.78 is 13.4. The predicted molar refractivity (Wildman–Crippen MR) is 104 cm³/mol. The van der Waals surface area contributed by atoms with Crippen LogP contribution in [0.25, 0.3) is 5.70 Å². The molecule has 1 atom stereocenters. The molecule has 1 aliphatic rings. The quantitative estimate of drug-likeness (QED) is 0.727. The number of phenolic OH excluding ortho intramolecular Hbond substituents is 1. The highest BCUT2D eigenvalue weighted by Gasteiger charge is 2.31. The number of aromatic nitrogens is 1. The van der Waals surface area contributed by atoms with Crippen molar-refractivity contribution in [2.24, 2.45) is 0 Å². The van der Waals surface area contributed by atoms with Crippen molar-refractivity contribution in [3.05, 3.63) is 101 Å². The lowest BCUT2D eigenvalue weighted by Gasteiger charge is -2.25. The van der Waals surface area contributed by atoms with Crippen LogP contribution in [0.15, 0.2) is 73.1 Å². The van der Waals surface area contributed by atoms with Crippen LogP contribution in [0.2, 0.25) is 0 Å². The van der Waals surface area contributed by atoms with Gasteiger partial charge in [0.05, 0.1) is 11.7 Å². The molecule has 0 radical (unpaired) electrons. The molecule has 0 bridgehead atoms. The van der Waals surface area contributed by atoms with Gasteiger partial charge in [-0.3, -0.25) is 15.2 Å². The highest BCUT2D eigenvalue weighted by atomic mass is 19.1. The van der Waals surface area contributed by atoms with Crippen LogP contribution in [0.1, 0.15) is 33.1 Å². The van der Waals surface area contributed by atoms with Gasteiger partial charge in [-0.05, 0) is 72.2 Å². The number of pyridine rings is 1. The Bertz CT molecular complexity index is 1050. The molecule has 0 saturated carbocycles. The zero-order chi connectivity index (χ0) is 19.7. The van der Waals surface area contributed by atoms with Gasteiger partial charge in [0.25, 0.3) is 5.91 Å². The number of hydrogen-bond donors (Lipinski definition) is 2. The van der Waals surface area contributed by atoms with E-state index in [-0.39, 0.29) is 17.5 Å². The summed E-state index contributed by atoms with van der Waals surface area (Å²) in [6, 6.07) is 14.2. The van der Waals surface area contributed by atoms with Crippen molar-refractivity contribution in [2.75, 3.05) is 0 Å². The number of nitrogens with one attached hydrogen (secondary N) is 1. The van der Waals surface area contributed by atoms with E-state index in [0.29, 0.717) is 5.56 Å². The van der Waals surface area contributed by atoms with Crippen LogP contribution >= 0.6 is 0 Å². The number of phenols is 1. The van der Waals surface area contributed by atoms with Crippen LogP contribution in [-0.2, 0) is 0 Å². The molecule has 28 heavy (non-hydrogen) atoms. The minimum absolute atomic E-state index is 0.210. The fourth-order valence-corrected chi connectivity index (χ4v) is 3.17. The van der Waals surface area contributed by atoms with Crippen LogP contribution in [-0.4, -0.2) is 21.0 Å². The van der Waals surface area contributed by atoms with E-state index in [9.17, 15) is 14.3 Å². The molecule has 1 amide bonds. The molecule has 4 rings (SSSR count). The largest absolute Gasteiger partial charge is 0.508 e. The number of hydrogen-bond acceptors (Lipinski definition) is 4. The van der Waals surface area contributed by atoms with E-state index in [0.717, 1.165) is 22.4 Å². The van der Waals surface area contributed by atoms with E-state index < -0.39 is 6.04 Å². The van der Waals surface area contributed by atoms with E-state index in [1.165, 1.54) is 17.1 Å². The summed E-state index contributed by atoms with van der Waals surface area (Å²) in [7, 11) is 0. The molecule has 6 heteroatoms. The van der Waals surface area contributed by atoms with Crippen molar-refractivity contribution in [1.29, 1.82) is 0 Å². The predicted octanol–water partition coefficient (Wildman–Crippen LogP) is 3.98. The van der Waals surface area contributed by atoms with Crippen LogP contribution in [0, 0.1) is 12.7 Å². The van der Waals surface area contributed by atoms with E-state index in [1.54, 1.807) is 48.8 Å². The van der Waals surface area contributed by atoms with Crippen LogP contribution in [0.3, 0.4) is 0 Å². The van der Waals surface area contributed by atoms with E-state index in [1.807, 2.05) is 19.1 Å². The van der Waals surface area contributed by atoms with Crippen molar-refractivity contribution >= 4 is 11.6 Å². The first-order valence-corrected chi connectivity index (χ1v) is 8.80. The van der Waals surface area contributed by atoms with E-state index in [2.05, 4.69) is 10.4 Å². The number of aromatic hydroxyl groups is 1. The normalized spacial score (nSPS) is 15.9. The molecular weight excluding hydrogens is 357 g/mol. The third-order valence-corrected chi connectivity index (χ3v) is 4.71. The maximum absolute atomic E-state index is 13.4. The Balaban J connectivity index is 1.74. The summed E-state index contributed by atoms with van der Waals surface area (Å²) in [5.41, 5.74) is 6.75. The minimum Gasteiger partial charge on any atom is -0.508 e. The first-order valence-electron chi connectivity index (χ1n) is 8.80. The lowest BCUT2D eigenvalue weighted by Crippen LogP contribution is -2.39. The first-order chi connectivity index (χ1) is 13.5. The summed E-state index contributed by atoms with van der Waals surface area (Å²) in [6.07, 6.45) is 5.04. The molecule has 1 aliphatic heterocycles. The number of carbonyl (C=O) groups excluding carboxylic acids is 1. The smallest absolute Gasteiger partial charge is 0.273 e. The maximum atomic E-state index is 13.4. The lowest BCUT2D eigenvalue weighted by atomic mass is 10.0. The van der Waals surface area contributed by atoms with Crippen molar-refractivity contribution in [1.82, 2.24) is 15.4 Å². The molecule has 2 aromatic carbocycles. The van der Waals surface area contributed by atoms with Gasteiger partial charge in [-0.25, -0.2) is 9.40 Å². The molecule has 1 aromatic heterocycles. The molecule has 0 spiro atoms. The molecule has 3 aromatic rings. The highest BCUT2D eigenvalue weighted by molar-refractivity contribution is 5.95. The van der Waals surface area contributed by atoms with Gasteiger partial charge in [0.1, 0.15) is 11.6 Å². The average Bonchev–Trinajstić information content (AvgIpc) is 3.16. The molecule has 0 aliphatic carbocycles. The van der Waals surface area contributed by atoms with Gasteiger partial charge in [0, 0.05) is 18.0 Å². The van der Waals surface area contributed by atoms with Gasteiger partial charge in [-0.15, -0.1) is 0 Å². The fraction of sp³-hybridized carbons (Fsp3) is 0.0909. The topological polar surface area (TPSA) is 65.5 Å². The number of halogens is 1. The molecule has 140 valence electrons. The number of nitrogens with zero attached hydrogens (tertiary/aromatic N) is 2. The Morgan fingerprint density at radius 3 is 2.50 bits per heavy atom. The fourth-order valence-electron chi connectivity index (χ4n) is 3.17. The van der Waals surface area contributed by atoms with Gasteiger partial charge < -0.3 is 5.11 Å². The second kappa shape index (κ2) is 7.15. The highest BCUT2D eigenvalue weighted by Crippen LogP contribution is 2.33. The molecular formula is C22H18FN3O2. The number of hydrazine groups is 1. The minimum atomic E-state index is -0.412. The molecule has 5 nitrogen and oxygen atoms in total. The third-order valence-electron chi connectivity index (χ3n) is 4.71. The zero-order valence-electron chi connectivity index (χ0n) is 15.1. The van der Waals surface area contributed by atoms with Gasteiger partial charge in [-0.2, -0.15) is 0 Å². The third kappa shape index (κ3) is 3.32. The number of rotatable bonds is 3. The molecule has 0 fully saturated rings. The van der Waals surface area contributed by atoms with Gasteiger partial charge in [0.15, 0.2) is 0 Å². The summed E-state index contributed by atoms with van der Waals surface area (Å²) in [4.78, 5) is 17.0. The van der Waals surface area contributed by atoms with Crippen LogP contribution in [0.4, 0.5) is 4.39 Å². The number of carbonyl (C=O) groups is 1. The summed E-state index contributed by atoms with van der Waals surface area (Å²) >= 11 is 0. The molecule has 2 heterocycles. The van der Waals surface area contributed by atoms with Gasteiger partial charge in [-0.1, -0.05) is 12.1 Å². The second-order valence-corrected chi connectivity index (χ2v) is 6.60. The lowest BCUT2D eigenvalue weighted by molar-refractivity contribution is 0.0672. The Hall–Kier alpha value is -3.67. The van der Waals surface area contributed by atoms with Crippen LogP contribution in [0.5, 0.6) is 5.75 Å². The number of benzene rings is 2. The SMILES string of the molecule is Cc1cc(C2=CC(c3ccc(F)cc3)N(C(=O)c3ccncc3)N2)ccc1O. The monoisotopic (exact) mass is 375 g/mol. The summed E-state index contributed by atoms with van der Waals surface area (Å²) in [5, 5.41) is 11.3. The molecule has 2 N–H and O–H groups in total. The summed E-state index contributed by atoms with van der Waals surface area (Å²) in [5.74, 6) is -0.347. The van der Waals surface area contributed by atoms with Gasteiger partial charge in [0.2, 0.25) is 0 Å². The van der Waals surface area contributed by atoms with Crippen molar-refractivity contribution < 1.29 is 14.3 Å². The van der Waals surface area contributed by atoms with Crippen molar-refractivity contribution in [3.63, 3.8) is 0 Å². The Morgan fingerprint density at radius 1 is 1.11 bits per heavy atom. The summed E-state index contributed by atoms with van der Waals surface area (Å²) in [6.45, 7) is 1.81. The van der Waals surface area contributed by atoms with Crippen molar-refractivity contribution in [2.45, 2.75) is 13.0 Å².